The first-order chi connectivity index (χ1) is 11.5. The number of carbonyl (C=O) groups is 1. The van der Waals surface area contributed by atoms with Gasteiger partial charge in [-0.05, 0) is 38.0 Å². The van der Waals surface area contributed by atoms with Crippen molar-refractivity contribution in [2.24, 2.45) is 0 Å². The molecule has 1 heterocycles. The molecule has 2 atom stereocenters. The van der Waals surface area contributed by atoms with Crippen molar-refractivity contribution in [2.75, 3.05) is 19.6 Å². The minimum absolute atomic E-state index is 0.0180. The van der Waals surface area contributed by atoms with E-state index in [0.717, 1.165) is 12.0 Å². The van der Waals surface area contributed by atoms with Crippen molar-refractivity contribution in [3.05, 3.63) is 46.6 Å². The zero-order chi connectivity index (χ0) is 17.5. The number of amides is 1. The van der Waals surface area contributed by atoms with Crippen molar-refractivity contribution in [1.82, 2.24) is 10.2 Å². The van der Waals surface area contributed by atoms with E-state index in [4.69, 9.17) is 16.3 Å². The third kappa shape index (κ3) is 5.26. The first-order valence-electron chi connectivity index (χ1n) is 8.02. The topological polar surface area (TPSA) is 65.4 Å². The molecule has 0 saturated carbocycles. The van der Waals surface area contributed by atoms with Crippen molar-refractivity contribution >= 4 is 17.5 Å². The Bertz CT molecular complexity index is 627. The van der Waals surface area contributed by atoms with Gasteiger partial charge < -0.3 is 15.0 Å². The Kier molecular flexibility index (Phi) is 6.65. The number of benzene rings is 1. The highest BCUT2D eigenvalue weighted by Crippen LogP contribution is 2.13. The second-order valence-electron chi connectivity index (χ2n) is 5.97. The van der Waals surface area contributed by atoms with E-state index in [1.54, 1.807) is 4.90 Å². The second-order valence-corrected chi connectivity index (χ2v) is 6.40. The fourth-order valence-electron chi connectivity index (χ4n) is 2.70. The normalized spacial score (nSPS) is 21.2. The van der Waals surface area contributed by atoms with Crippen molar-refractivity contribution in [1.29, 1.82) is 5.26 Å². The number of ether oxygens (including phenoxy) is 1. The zero-order valence-corrected chi connectivity index (χ0v) is 14.7. The van der Waals surface area contributed by atoms with Crippen LogP contribution >= 0.6 is 11.6 Å². The molecule has 1 aromatic carbocycles. The van der Waals surface area contributed by atoms with Crippen LogP contribution in [-0.4, -0.2) is 42.6 Å². The van der Waals surface area contributed by atoms with Crippen LogP contribution in [0.4, 0.5) is 0 Å². The molecule has 1 aromatic rings. The summed E-state index contributed by atoms with van der Waals surface area (Å²) in [7, 11) is 0. The summed E-state index contributed by atoms with van der Waals surface area (Å²) in [5.41, 5.74) is 1.26. The van der Waals surface area contributed by atoms with Gasteiger partial charge in [-0.25, -0.2) is 0 Å². The monoisotopic (exact) mass is 347 g/mol. The number of rotatable bonds is 5. The number of nitriles is 1. The fraction of sp³-hybridized carbons (Fsp3) is 0.444. The third-order valence-corrected chi connectivity index (χ3v) is 4.03. The number of carbonyl (C=O) groups excluding carboxylic acids is 1. The van der Waals surface area contributed by atoms with Gasteiger partial charge >= 0.3 is 0 Å². The molecule has 0 bridgehead atoms. The average Bonchev–Trinajstić information content (AvgIpc) is 2.55. The molecule has 6 heteroatoms. The summed E-state index contributed by atoms with van der Waals surface area (Å²) in [6.07, 6.45) is 2.25. The molecule has 1 saturated heterocycles. The summed E-state index contributed by atoms with van der Waals surface area (Å²) < 4.78 is 5.61. The molecule has 1 aliphatic rings. The molecule has 1 N–H and O–H groups in total. The van der Waals surface area contributed by atoms with Gasteiger partial charge in [0, 0.05) is 30.9 Å². The summed E-state index contributed by atoms with van der Waals surface area (Å²) in [6.45, 7) is 5.50. The Morgan fingerprint density at radius 2 is 2.00 bits per heavy atom. The molecule has 5 nitrogen and oxygen atoms in total. The minimum Gasteiger partial charge on any atom is -0.389 e. The first kappa shape index (κ1) is 18.3. The highest BCUT2D eigenvalue weighted by molar-refractivity contribution is 6.30. The van der Waals surface area contributed by atoms with Gasteiger partial charge in [0.1, 0.15) is 11.6 Å². The van der Waals surface area contributed by atoms with Crippen molar-refractivity contribution in [3.63, 3.8) is 0 Å². The summed E-state index contributed by atoms with van der Waals surface area (Å²) in [5.74, 6) is -0.251. The Balaban J connectivity index is 1.88. The second kappa shape index (κ2) is 8.72. The third-order valence-electron chi connectivity index (χ3n) is 3.78. The SMILES string of the molecule is CC1CN(C(=O)/C(C#N)=C\NCCc2ccc(Cl)cc2)CC(C)O1. The van der Waals surface area contributed by atoms with Crippen molar-refractivity contribution in [3.8, 4) is 6.07 Å². The lowest BCUT2D eigenvalue weighted by atomic mass is 10.1. The predicted molar refractivity (Wildman–Crippen MR) is 93.4 cm³/mol. The van der Waals surface area contributed by atoms with Gasteiger partial charge in [-0.2, -0.15) is 5.26 Å². The molecule has 1 amide bonds. The van der Waals surface area contributed by atoms with E-state index in [9.17, 15) is 10.1 Å². The Morgan fingerprint density at radius 1 is 1.38 bits per heavy atom. The van der Waals surface area contributed by atoms with Crippen LogP contribution in [0.2, 0.25) is 5.02 Å². The van der Waals surface area contributed by atoms with E-state index in [2.05, 4.69) is 5.32 Å². The van der Waals surface area contributed by atoms with E-state index in [0.29, 0.717) is 24.7 Å². The zero-order valence-electron chi connectivity index (χ0n) is 14.0. The maximum absolute atomic E-state index is 12.4. The van der Waals surface area contributed by atoms with Gasteiger partial charge in [0.05, 0.1) is 12.2 Å². The highest BCUT2D eigenvalue weighted by Gasteiger charge is 2.27. The number of hydrogen-bond acceptors (Lipinski definition) is 4. The quantitative estimate of drug-likeness (QED) is 0.505. The number of nitrogens with one attached hydrogen (secondary N) is 1. The van der Waals surface area contributed by atoms with Crippen LogP contribution in [0.25, 0.3) is 0 Å². The molecule has 0 aliphatic carbocycles. The van der Waals surface area contributed by atoms with Crippen LogP contribution in [-0.2, 0) is 16.0 Å². The lowest BCUT2D eigenvalue weighted by molar-refractivity contribution is -0.138. The Hall–Kier alpha value is -2.03. The summed E-state index contributed by atoms with van der Waals surface area (Å²) in [5, 5.41) is 13.0. The van der Waals surface area contributed by atoms with Crippen LogP contribution in [0.3, 0.4) is 0 Å². The molecule has 1 aliphatic heterocycles. The summed E-state index contributed by atoms with van der Waals surface area (Å²) in [4.78, 5) is 14.1. The molecular weight excluding hydrogens is 326 g/mol. The molecule has 2 rings (SSSR count). The van der Waals surface area contributed by atoms with E-state index >= 15 is 0 Å². The molecule has 0 aromatic heterocycles. The average molecular weight is 348 g/mol. The fourth-order valence-corrected chi connectivity index (χ4v) is 2.82. The first-order valence-corrected chi connectivity index (χ1v) is 8.40. The summed E-state index contributed by atoms with van der Waals surface area (Å²) >= 11 is 5.85. The van der Waals surface area contributed by atoms with Crippen LogP contribution in [0, 0.1) is 11.3 Å². The number of hydrogen-bond donors (Lipinski definition) is 1. The minimum atomic E-state index is -0.251. The van der Waals surface area contributed by atoms with Crippen LogP contribution in [0.15, 0.2) is 36.0 Å². The molecule has 0 radical (unpaired) electrons. The molecule has 0 spiro atoms. The van der Waals surface area contributed by atoms with Gasteiger partial charge in [-0.1, -0.05) is 23.7 Å². The molecule has 128 valence electrons. The van der Waals surface area contributed by atoms with Gasteiger partial charge in [0.2, 0.25) is 0 Å². The van der Waals surface area contributed by atoms with Crippen LogP contribution < -0.4 is 5.32 Å². The van der Waals surface area contributed by atoms with Crippen LogP contribution in [0.5, 0.6) is 0 Å². The predicted octanol–water partition coefficient (Wildman–Crippen LogP) is 2.52. The lowest BCUT2D eigenvalue weighted by Gasteiger charge is -2.35. The maximum atomic E-state index is 12.4. The lowest BCUT2D eigenvalue weighted by Crippen LogP contribution is -2.48. The molecule has 1 fully saturated rings. The van der Waals surface area contributed by atoms with E-state index in [-0.39, 0.29) is 23.7 Å². The standard InChI is InChI=1S/C18H22ClN3O2/c1-13-11-22(12-14(2)24-13)18(23)16(9-20)10-21-8-7-15-3-5-17(19)6-4-15/h3-6,10,13-14,21H,7-8,11-12H2,1-2H3/b16-10-. The number of halogens is 1. The summed E-state index contributed by atoms with van der Waals surface area (Å²) in [6, 6.07) is 9.59. The van der Waals surface area contributed by atoms with Gasteiger partial charge in [0.15, 0.2) is 0 Å². The smallest absolute Gasteiger partial charge is 0.266 e. The molecule has 24 heavy (non-hydrogen) atoms. The van der Waals surface area contributed by atoms with Crippen molar-refractivity contribution < 1.29 is 9.53 Å². The number of morpholine rings is 1. The van der Waals surface area contributed by atoms with E-state index in [1.807, 2.05) is 44.2 Å². The van der Waals surface area contributed by atoms with Crippen molar-refractivity contribution in [2.45, 2.75) is 32.5 Å². The van der Waals surface area contributed by atoms with E-state index in [1.165, 1.54) is 6.20 Å². The maximum Gasteiger partial charge on any atom is 0.266 e. The largest absolute Gasteiger partial charge is 0.389 e. The van der Waals surface area contributed by atoms with Gasteiger partial charge in [0.25, 0.3) is 5.91 Å². The Labute approximate surface area is 147 Å². The molecular formula is C18H22ClN3O2. The van der Waals surface area contributed by atoms with Crippen LogP contribution in [0.1, 0.15) is 19.4 Å². The van der Waals surface area contributed by atoms with E-state index < -0.39 is 0 Å². The Morgan fingerprint density at radius 3 is 2.58 bits per heavy atom. The highest BCUT2D eigenvalue weighted by atomic mass is 35.5. The number of nitrogens with zero attached hydrogens (tertiary/aromatic N) is 2. The van der Waals surface area contributed by atoms with Gasteiger partial charge in [-0.3, -0.25) is 4.79 Å². The molecule has 2 unspecified atom stereocenters. The van der Waals surface area contributed by atoms with Gasteiger partial charge in [-0.15, -0.1) is 0 Å².